The van der Waals surface area contributed by atoms with Crippen LogP contribution in [0.1, 0.15) is 92.4 Å². The molecule has 290 valence electrons. The molecule has 51 heavy (non-hydrogen) atoms. The number of ether oxygens (including phenoxy) is 6. The van der Waals surface area contributed by atoms with Crippen molar-refractivity contribution in [3.8, 4) is 0 Å². The Labute approximate surface area is 301 Å². The van der Waals surface area contributed by atoms with Gasteiger partial charge in [0, 0.05) is 12.3 Å². The summed E-state index contributed by atoms with van der Waals surface area (Å²) < 4.78 is 37.6. The van der Waals surface area contributed by atoms with Gasteiger partial charge in [-0.25, -0.2) is 0 Å². The highest BCUT2D eigenvalue weighted by atomic mass is 16.8. The summed E-state index contributed by atoms with van der Waals surface area (Å²) in [6.45, 7) is 11.5. The third-order valence-electron chi connectivity index (χ3n) is 15.6. The van der Waals surface area contributed by atoms with Gasteiger partial charge in [0.05, 0.1) is 31.5 Å². The van der Waals surface area contributed by atoms with E-state index in [0.717, 1.165) is 38.7 Å². The first-order valence-electron chi connectivity index (χ1n) is 19.8. The van der Waals surface area contributed by atoms with Gasteiger partial charge in [-0.2, -0.15) is 0 Å². The zero-order valence-corrected chi connectivity index (χ0v) is 30.9. The van der Waals surface area contributed by atoms with Gasteiger partial charge >= 0.3 is 0 Å². The lowest BCUT2D eigenvalue weighted by molar-refractivity contribution is -0.369. The molecule has 4 aliphatic carbocycles. The van der Waals surface area contributed by atoms with Crippen molar-refractivity contribution < 1.29 is 59.1 Å². The van der Waals surface area contributed by atoms with Crippen LogP contribution in [0.25, 0.3) is 0 Å². The van der Waals surface area contributed by atoms with Crippen LogP contribution < -0.4 is 0 Å². The summed E-state index contributed by atoms with van der Waals surface area (Å²) in [5.41, 5.74) is 1.70. The lowest BCUT2D eigenvalue weighted by atomic mass is 9.47. The standard InChI is InChI=1S/C39H62O12/c1-18-8-13-39(46-17-18)19(2)28-26(51-39)15-25-23-7-6-21-14-22(9-11-37(21,4)24(23)10-12-38(25,28)5)48-36-34(32(44)30(42)27(16-40)49-36)50-35-33(45)31(43)29(41)20(3)47-35/h6,18-20,22-36,40-45H,7-17H2,1-5H3/t18-,19+,20+,22+,23-,24-,25+,26+,27-,28+,29+,30-,31-,32+,33-,34-,35+,36-,37+,38+,39-/m1/s1. The second-order valence-electron chi connectivity index (χ2n) is 18.3. The third-order valence-corrected chi connectivity index (χ3v) is 15.6. The van der Waals surface area contributed by atoms with E-state index in [1.807, 2.05) is 0 Å². The lowest BCUT2D eigenvalue weighted by Gasteiger charge is -2.58. The van der Waals surface area contributed by atoms with Crippen LogP contribution in [-0.4, -0.2) is 123 Å². The molecule has 4 heterocycles. The Balaban J connectivity index is 0.964. The smallest absolute Gasteiger partial charge is 0.187 e. The lowest BCUT2D eigenvalue weighted by Crippen LogP contribution is -2.64. The van der Waals surface area contributed by atoms with Gasteiger partial charge in [0.2, 0.25) is 0 Å². The van der Waals surface area contributed by atoms with E-state index in [1.54, 1.807) is 0 Å². The van der Waals surface area contributed by atoms with E-state index in [9.17, 15) is 30.6 Å². The maximum absolute atomic E-state index is 11.1. The number of aliphatic hydroxyl groups excluding tert-OH is 6. The normalized spacial score (nSPS) is 58.4. The maximum Gasteiger partial charge on any atom is 0.187 e. The fourth-order valence-electron chi connectivity index (χ4n) is 12.5. The molecule has 8 aliphatic rings. The van der Waals surface area contributed by atoms with Crippen molar-refractivity contribution in [2.75, 3.05) is 13.2 Å². The number of hydrogen-bond donors (Lipinski definition) is 6. The summed E-state index contributed by atoms with van der Waals surface area (Å²) in [5.74, 6) is 2.92. The monoisotopic (exact) mass is 722 g/mol. The van der Waals surface area contributed by atoms with Gasteiger partial charge in [0.1, 0.15) is 42.7 Å². The molecule has 0 amide bonds. The molecule has 0 bridgehead atoms. The Morgan fingerprint density at radius 2 is 1.61 bits per heavy atom. The van der Waals surface area contributed by atoms with E-state index in [2.05, 4.69) is 33.8 Å². The van der Waals surface area contributed by atoms with Crippen LogP contribution in [0, 0.1) is 46.3 Å². The Morgan fingerprint density at radius 3 is 2.33 bits per heavy atom. The molecule has 0 unspecified atom stereocenters. The quantitative estimate of drug-likeness (QED) is 0.229. The molecule has 1 spiro atoms. The number of aliphatic hydroxyl groups is 6. The molecular formula is C39H62O12. The van der Waals surface area contributed by atoms with Crippen molar-refractivity contribution in [2.45, 2.75) is 172 Å². The number of hydrogen-bond acceptors (Lipinski definition) is 12. The highest BCUT2D eigenvalue weighted by Crippen LogP contribution is 2.70. The fraction of sp³-hybridized carbons (Fsp3) is 0.949. The van der Waals surface area contributed by atoms with Crippen LogP contribution in [0.2, 0.25) is 0 Å². The SMILES string of the molecule is C[C@@H]1CC[C@@]2(OC1)O[C@H]1C[C@H]3[C@@H]4CC=C5C[C@@H](O[C@@H]6O[C@H](CO)[C@@H](O)[C@H](O)[C@H]6O[C@@H]6O[C@@H](C)[C@H](O)[C@@H](O)[C@H]6O)CC[C@]5(C)[C@@H]4CC[C@]3(C)[C@H]1[C@@H]2C. The second kappa shape index (κ2) is 13.5. The van der Waals surface area contributed by atoms with Gasteiger partial charge in [-0.3, -0.25) is 0 Å². The molecule has 7 fully saturated rings. The summed E-state index contributed by atoms with van der Waals surface area (Å²) in [5, 5.41) is 62.9. The predicted octanol–water partition coefficient (Wildman–Crippen LogP) is 2.39. The fourth-order valence-corrected chi connectivity index (χ4v) is 12.5. The van der Waals surface area contributed by atoms with E-state index >= 15 is 0 Å². The van der Waals surface area contributed by atoms with Gasteiger partial charge in [-0.15, -0.1) is 0 Å². The van der Waals surface area contributed by atoms with Crippen LogP contribution in [0.15, 0.2) is 11.6 Å². The van der Waals surface area contributed by atoms with Crippen molar-refractivity contribution >= 4 is 0 Å². The van der Waals surface area contributed by atoms with Gasteiger partial charge in [-0.1, -0.05) is 39.3 Å². The Morgan fingerprint density at radius 1 is 0.824 bits per heavy atom. The number of rotatable bonds is 5. The van der Waals surface area contributed by atoms with Crippen molar-refractivity contribution in [1.82, 2.24) is 0 Å². The van der Waals surface area contributed by atoms with Gasteiger partial charge < -0.3 is 59.1 Å². The summed E-state index contributed by atoms with van der Waals surface area (Å²) in [7, 11) is 0. The average molecular weight is 723 g/mol. The molecule has 12 heteroatoms. The van der Waals surface area contributed by atoms with Crippen LogP contribution in [0.5, 0.6) is 0 Å². The Bertz CT molecular complexity index is 1300. The maximum atomic E-state index is 11.1. The zero-order valence-electron chi connectivity index (χ0n) is 30.9. The van der Waals surface area contributed by atoms with E-state index in [-0.39, 0.29) is 23.0 Å². The Hall–Kier alpha value is -0.740. The van der Waals surface area contributed by atoms with Crippen molar-refractivity contribution in [1.29, 1.82) is 0 Å². The molecule has 0 aromatic carbocycles. The molecule has 0 aromatic heterocycles. The molecular weight excluding hydrogens is 660 g/mol. The minimum atomic E-state index is -1.61. The largest absolute Gasteiger partial charge is 0.394 e. The molecule has 21 atom stereocenters. The van der Waals surface area contributed by atoms with Crippen LogP contribution >= 0.6 is 0 Å². The molecule has 4 saturated heterocycles. The average Bonchev–Trinajstić information content (AvgIpc) is 3.56. The van der Waals surface area contributed by atoms with Gasteiger partial charge in [-0.05, 0) is 98.7 Å². The van der Waals surface area contributed by atoms with E-state index in [1.165, 1.54) is 31.8 Å². The Kier molecular flexibility index (Phi) is 9.83. The molecule has 8 rings (SSSR count). The van der Waals surface area contributed by atoms with Gasteiger partial charge in [0.15, 0.2) is 18.4 Å². The van der Waals surface area contributed by atoms with E-state index in [0.29, 0.717) is 41.9 Å². The summed E-state index contributed by atoms with van der Waals surface area (Å²) in [4.78, 5) is 0. The molecule has 4 aliphatic heterocycles. The molecule has 12 nitrogen and oxygen atoms in total. The second-order valence-corrected chi connectivity index (χ2v) is 18.3. The molecule has 6 N–H and O–H groups in total. The van der Waals surface area contributed by atoms with Crippen LogP contribution in [-0.2, 0) is 28.4 Å². The first kappa shape index (κ1) is 37.2. The van der Waals surface area contributed by atoms with Crippen LogP contribution in [0.4, 0.5) is 0 Å². The summed E-state index contributed by atoms with van der Waals surface area (Å²) in [6, 6.07) is 0. The topological polar surface area (TPSA) is 177 Å². The number of fused-ring (bicyclic) bond motifs is 7. The number of allylic oxidation sites excluding steroid dienone is 1. The van der Waals surface area contributed by atoms with Crippen LogP contribution in [0.3, 0.4) is 0 Å². The van der Waals surface area contributed by atoms with E-state index < -0.39 is 73.8 Å². The first-order valence-corrected chi connectivity index (χ1v) is 19.8. The highest BCUT2D eigenvalue weighted by molar-refractivity contribution is 5.26. The predicted molar refractivity (Wildman–Crippen MR) is 182 cm³/mol. The van der Waals surface area contributed by atoms with Crippen molar-refractivity contribution in [3.05, 3.63) is 11.6 Å². The van der Waals surface area contributed by atoms with E-state index in [4.69, 9.17) is 28.4 Å². The third kappa shape index (κ3) is 5.84. The first-order chi connectivity index (χ1) is 24.2. The molecule has 0 aromatic rings. The summed E-state index contributed by atoms with van der Waals surface area (Å²) in [6.07, 6.45) is -1.68. The van der Waals surface area contributed by atoms with Crippen molar-refractivity contribution in [2.24, 2.45) is 46.3 Å². The zero-order chi connectivity index (χ0) is 36.2. The molecule has 3 saturated carbocycles. The summed E-state index contributed by atoms with van der Waals surface area (Å²) >= 11 is 0. The minimum absolute atomic E-state index is 0.0535. The molecule has 0 radical (unpaired) electrons. The minimum Gasteiger partial charge on any atom is -0.394 e. The van der Waals surface area contributed by atoms with Crippen molar-refractivity contribution in [3.63, 3.8) is 0 Å². The van der Waals surface area contributed by atoms with Gasteiger partial charge in [0.25, 0.3) is 0 Å². The highest BCUT2D eigenvalue weighted by Gasteiger charge is 2.68.